The molecule has 1 aliphatic rings. The fourth-order valence-electron chi connectivity index (χ4n) is 3.21. The first-order valence-electron chi connectivity index (χ1n) is 8.92. The van der Waals surface area contributed by atoms with Crippen LogP contribution in [-0.2, 0) is 6.42 Å². The van der Waals surface area contributed by atoms with Crippen molar-refractivity contribution < 1.29 is 9.53 Å². The Balaban J connectivity index is 1.73. The third-order valence-corrected chi connectivity index (χ3v) is 4.83. The van der Waals surface area contributed by atoms with Crippen molar-refractivity contribution in [3.05, 3.63) is 59.2 Å². The summed E-state index contributed by atoms with van der Waals surface area (Å²) >= 11 is 0. The molecule has 1 saturated carbocycles. The van der Waals surface area contributed by atoms with Crippen LogP contribution in [0.4, 0.5) is 10.5 Å². The van der Waals surface area contributed by atoms with Crippen LogP contribution in [0.5, 0.6) is 5.75 Å². The number of anilines is 1. The molecule has 0 aromatic heterocycles. The lowest BCUT2D eigenvalue weighted by Crippen LogP contribution is -2.34. The fourth-order valence-corrected chi connectivity index (χ4v) is 3.21. The van der Waals surface area contributed by atoms with Gasteiger partial charge in [0.1, 0.15) is 5.75 Å². The number of carbonyl (C=O) groups excluding carboxylic acids is 1. The number of hydrogen-bond acceptors (Lipinski definition) is 2. The molecular formula is C21H26N2O2. The number of amides is 2. The molecule has 132 valence electrons. The molecule has 1 aliphatic carbocycles. The minimum absolute atomic E-state index is 0.0417. The van der Waals surface area contributed by atoms with Crippen LogP contribution in [-0.4, -0.2) is 13.1 Å². The average Bonchev–Trinajstić information content (AvgIpc) is 3.46. The SMILES string of the molecule is CCc1cccc(C)c1NC(=O)NC(c1ccc(OC)cc1)C1CC1. The molecular weight excluding hydrogens is 312 g/mol. The van der Waals surface area contributed by atoms with Crippen molar-refractivity contribution in [2.45, 2.75) is 39.2 Å². The summed E-state index contributed by atoms with van der Waals surface area (Å²) < 4.78 is 5.22. The van der Waals surface area contributed by atoms with Gasteiger partial charge in [-0.25, -0.2) is 4.79 Å². The van der Waals surface area contributed by atoms with Crippen molar-refractivity contribution in [2.75, 3.05) is 12.4 Å². The van der Waals surface area contributed by atoms with Crippen molar-refractivity contribution in [2.24, 2.45) is 5.92 Å². The number of aryl methyl sites for hydroxylation is 2. The Bertz CT molecular complexity index is 736. The van der Waals surface area contributed by atoms with Gasteiger partial charge in [0.05, 0.1) is 13.2 Å². The van der Waals surface area contributed by atoms with Gasteiger partial charge >= 0.3 is 6.03 Å². The maximum absolute atomic E-state index is 12.6. The summed E-state index contributed by atoms with van der Waals surface area (Å²) in [5.41, 5.74) is 4.29. The Kier molecular flexibility index (Phi) is 5.27. The number of nitrogens with one attached hydrogen (secondary N) is 2. The predicted molar refractivity (Wildman–Crippen MR) is 101 cm³/mol. The maximum atomic E-state index is 12.6. The second kappa shape index (κ2) is 7.60. The molecule has 4 nitrogen and oxygen atoms in total. The lowest BCUT2D eigenvalue weighted by atomic mass is 10.0. The van der Waals surface area contributed by atoms with E-state index < -0.39 is 0 Å². The van der Waals surface area contributed by atoms with Gasteiger partial charge in [-0.05, 0) is 60.9 Å². The minimum Gasteiger partial charge on any atom is -0.497 e. The number of methoxy groups -OCH3 is 1. The molecule has 1 unspecified atom stereocenters. The van der Waals surface area contributed by atoms with Crippen LogP contribution in [0.25, 0.3) is 0 Å². The molecule has 2 aromatic rings. The van der Waals surface area contributed by atoms with Gasteiger partial charge in [0.25, 0.3) is 0 Å². The Morgan fingerprint density at radius 1 is 1.20 bits per heavy atom. The summed E-state index contributed by atoms with van der Waals surface area (Å²) in [5.74, 6) is 1.34. The number of benzene rings is 2. The topological polar surface area (TPSA) is 50.4 Å². The van der Waals surface area contributed by atoms with E-state index in [9.17, 15) is 4.79 Å². The standard InChI is InChI=1S/C21H26N2O2/c1-4-15-7-5-6-14(2)19(15)22-21(24)23-20(16-8-9-16)17-10-12-18(25-3)13-11-17/h5-7,10-13,16,20H,4,8-9H2,1-3H3,(H2,22,23,24). The third kappa shape index (κ3) is 4.13. The molecule has 25 heavy (non-hydrogen) atoms. The lowest BCUT2D eigenvalue weighted by Gasteiger charge is -2.21. The molecule has 0 aliphatic heterocycles. The van der Waals surface area contributed by atoms with Gasteiger partial charge in [0, 0.05) is 5.69 Å². The van der Waals surface area contributed by atoms with E-state index in [1.54, 1.807) is 7.11 Å². The molecule has 2 aromatic carbocycles. The molecule has 0 spiro atoms. The predicted octanol–water partition coefficient (Wildman–Crippen LogP) is 4.84. The molecule has 1 fully saturated rings. The van der Waals surface area contributed by atoms with Crippen LogP contribution < -0.4 is 15.4 Å². The number of ether oxygens (including phenoxy) is 1. The van der Waals surface area contributed by atoms with Crippen LogP contribution in [0.3, 0.4) is 0 Å². The Labute approximate surface area is 149 Å². The molecule has 1 atom stereocenters. The summed E-state index contributed by atoms with van der Waals surface area (Å²) in [6.07, 6.45) is 3.20. The van der Waals surface area contributed by atoms with Gasteiger partial charge in [-0.2, -0.15) is 0 Å². The first-order chi connectivity index (χ1) is 12.1. The minimum atomic E-state index is -0.142. The largest absolute Gasteiger partial charge is 0.497 e. The highest BCUT2D eigenvalue weighted by Gasteiger charge is 2.33. The van der Waals surface area contributed by atoms with Crippen LogP contribution in [0.2, 0.25) is 0 Å². The van der Waals surface area contributed by atoms with E-state index in [4.69, 9.17) is 4.74 Å². The first kappa shape index (κ1) is 17.3. The highest BCUT2D eigenvalue weighted by atomic mass is 16.5. The van der Waals surface area contributed by atoms with E-state index in [0.717, 1.165) is 47.4 Å². The van der Waals surface area contributed by atoms with Crippen LogP contribution >= 0.6 is 0 Å². The monoisotopic (exact) mass is 338 g/mol. The van der Waals surface area contributed by atoms with Crippen LogP contribution in [0.15, 0.2) is 42.5 Å². The van der Waals surface area contributed by atoms with Crippen LogP contribution in [0.1, 0.15) is 42.5 Å². The Morgan fingerprint density at radius 2 is 1.92 bits per heavy atom. The second-order valence-electron chi connectivity index (χ2n) is 6.65. The third-order valence-electron chi connectivity index (χ3n) is 4.83. The average molecular weight is 338 g/mol. The highest BCUT2D eigenvalue weighted by Crippen LogP contribution is 2.41. The lowest BCUT2D eigenvalue weighted by molar-refractivity contribution is 0.247. The van der Waals surface area contributed by atoms with Gasteiger partial charge in [0.15, 0.2) is 0 Å². The number of para-hydroxylation sites is 1. The summed E-state index contributed by atoms with van der Waals surface area (Å²) in [5, 5.41) is 6.23. The Hall–Kier alpha value is -2.49. The molecule has 0 heterocycles. The zero-order valence-corrected chi connectivity index (χ0v) is 15.1. The maximum Gasteiger partial charge on any atom is 0.319 e. The summed E-state index contributed by atoms with van der Waals surface area (Å²) in [4.78, 5) is 12.6. The second-order valence-corrected chi connectivity index (χ2v) is 6.65. The van der Waals surface area contributed by atoms with E-state index in [-0.39, 0.29) is 12.1 Å². The van der Waals surface area contributed by atoms with Crippen molar-refractivity contribution >= 4 is 11.7 Å². The number of urea groups is 1. The highest BCUT2D eigenvalue weighted by molar-refractivity contribution is 5.91. The molecule has 2 amide bonds. The van der Waals surface area contributed by atoms with Crippen LogP contribution in [0, 0.1) is 12.8 Å². The van der Waals surface area contributed by atoms with Gasteiger partial charge in [0.2, 0.25) is 0 Å². The zero-order valence-electron chi connectivity index (χ0n) is 15.1. The summed E-state index contributed by atoms with van der Waals surface area (Å²) in [7, 11) is 1.66. The van der Waals surface area contributed by atoms with Crippen molar-refractivity contribution in [1.82, 2.24) is 5.32 Å². The van der Waals surface area contributed by atoms with Crippen molar-refractivity contribution in [3.8, 4) is 5.75 Å². The van der Waals surface area contributed by atoms with Crippen molar-refractivity contribution in [1.29, 1.82) is 0 Å². The molecule has 0 bridgehead atoms. The van der Waals surface area contributed by atoms with E-state index >= 15 is 0 Å². The molecule has 0 saturated heterocycles. The van der Waals surface area contributed by atoms with E-state index in [2.05, 4.69) is 23.6 Å². The normalized spacial score (nSPS) is 14.7. The van der Waals surface area contributed by atoms with E-state index in [1.165, 1.54) is 0 Å². The number of carbonyl (C=O) groups is 1. The fraction of sp³-hybridized carbons (Fsp3) is 0.381. The number of hydrogen-bond donors (Lipinski definition) is 2. The van der Waals surface area contributed by atoms with E-state index in [0.29, 0.717) is 5.92 Å². The first-order valence-corrected chi connectivity index (χ1v) is 8.92. The quantitative estimate of drug-likeness (QED) is 0.792. The molecule has 4 heteroatoms. The Morgan fingerprint density at radius 3 is 2.52 bits per heavy atom. The summed E-state index contributed by atoms with van der Waals surface area (Å²) in [6, 6.07) is 14.0. The molecule has 3 rings (SSSR count). The van der Waals surface area contributed by atoms with E-state index in [1.807, 2.05) is 43.3 Å². The van der Waals surface area contributed by atoms with Gasteiger partial charge in [-0.3, -0.25) is 0 Å². The smallest absolute Gasteiger partial charge is 0.319 e. The molecule has 0 radical (unpaired) electrons. The van der Waals surface area contributed by atoms with Crippen molar-refractivity contribution in [3.63, 3.8) is 0 Å². The van der Waals surface area contributed by atoms with Gasteiger partial charge in [-0.15, -0.1) is 0 Å². The summed E-state index contributed by atoms with van der Waals surface area (Å²) in [6.45, 7) is 4.12. The zero-order chi connectivity index (χ0) is 17.8. The van der Waals surface area contributed by atoms with Gasteiger partial charge in [-0.1, -0.05) is 37.3 Å². The molecule has 2 N–H and O–H groups in total. The number of rotatable bonds is 6. The van der Waals surface area contributed by atoms with Gasteiger partial charge < -0.3 is 15.4 Å².